The second kappa shape index (κ2) is 8.08. The lowest BCUT2D eigenvalue weighted by atomic mass is 10.1. The van der Waals surface area contributed by atoms with Gasteiger partial charge in [0.05, 0.1) is 16.1 Å². The van der Waals surface area contributed by atoms with E-state index < -0.39 is 10.0 Å². The summed E-state index contributed by atoms with van der Waals surface area (Å²) in [5, 5.41) is 1.78. The molecule has 1 amide bonds. The van der Waals surface area contributed by atoms with Gasteiger partial charge < -0.3 is 4.90 Å². The van der Waals surface area contributed by atoms with E-state index in [1.165, 1.54) is 17.8 Å². The Morgan fingerprint density at radius 1 is 1.00 bits per heavy atom. The van der Waals surface area contributed by atoms with Crippen LogP contribution in [-0.4, -0.2) is 38.6 Å². The maximum atomic E-state index is 13.1. The summed E-state index contributed by atoms with van der Waals surface area (Å²) in [6, 6.07) is 17.9. The summed E-state index contributed by atoms with van der Waals surface area (Å²) in [5.74, 6) is -0.103. The van der Waals surface area contributed by atoms with Gasteiger partial charge in [-0.05, 0) is 48.7 Å². The number of carbonyl (C=O) groups excluding carboxylic acids is 1. The van der Waals surface area contributed by atoms with Gasteiger partial charge in [-0.1, -0.05) is 36.4 Å². The molecule has 1 aliphatic rings. The number of sulfonamides is 1. The van der Waals surface area contributed by atoms with E-state index in [2.05, 4.69) is 4.72 Å². The monoisotopic (exact) mass is 426 g/mol. The molecule has 1 N–H and O–H groups in total. The molecule has 1 aliphatic heterocycles. The van der Waals surface area contributed by atoms with Gasteiger partial charge in [0, 0.05) is 23.4 Å². The number of nitrogens with one attached hydrogen (secondary N) is 1. The molecule has 3 aromatic carbocycles. The van der Waals surface area contributed by atoms with Crippen molar-refractivity contribution in [2.75, 3.05) is 24.1 Å². The van der Waals surface area contributed by atoms with E-state index in [0.717, 1.165) is 41.6 Å². The molecule has 1 heterocycles. The van der Waals surface area contributed by atoms with Crippen LogP contribution in [0.4, 0.5) is 5.69 Å². The Morgan fingerprint density at radius 3 is 2.48 bits per heavy atom. The van der Waals surface area contributed by atoms with Crippen molar-refractivity contribution < 1.29 is 13.2 Å². The van der Waals surface area contributed by atoms with Crippen LogP contribution in [0.2, 0.25) is 0 Å². The molecule has 5 nitrogen and oxygen atoms in total. The Bertz CT molecular complexity index is 1160. The van der Waals surface area contributed by atoms with E-state index in [1.807, 2.05) is 42.7 Å². The zero-order chi connectivity index (χ0) is 20.4. The highest BCUT2D eigenvalue weighted by Gasteiger charge is 2.24. The second-order valence-electron chi connectivity index (χ2n) is 6.99. The van der Waals surface area contributed by atoms with E-state index in [0.29, 0.717) is 11.3 Å². The summed E-state index contributed by atoms with van der Waals surface area (Å²) in [5.41, 5.74) is 0.963. The van der Waals surface area contributed by atoms with E-state index in [1.54, 1.807) is 23.1 Å². The van der Waals surface area contributed by atoms with Gasteiger partial charge in [-0.25, -0.2) is 8.42 Å². The molecule has 0 bridgehead atoms. The van der Waals surface area contributed by atoms with Crippen LogP contribution in [0.25, 0.3) is 10.8 Å². The summed E-state index contributed by atoms with van der Waals surface area (Å²) in [6.07, 6.45) is 3.86. The van der Waals surface area contributed by atoms with Crippen LogP contribution in [-0.2, 0) is 10.0 Å². The number of nitrogens with zero attached hydrogens (tertiary/aromatic N) is 1. The number of amides is 1. The first-order valence-electron chi connectivity index (χ1n) is 9.47. The Balaban J connectivity index is 1.71. The first kappa shape index (κ1) is 19.8. The van der Waals surface area contributed by atoms with Gasteiger partial charge in [-0.3, -0.25) is 9.52 Å². The number of thioether (sulfide) groups is 1. The lowest BCUT2D eigenvalue weighted by Gasteiger charge is -2.18. The standard InChI is InChI=1S/C22H22N2O3S2/c1-28-21-12-11-17(15-19(21)22(25)24-13-4-5-14-24)29(26,27)23-20-10-6-8-16-7-2-3-9-18(16)20/h2-3,6-12,15,23H,4-5,13-14H2,1H3. The van der Waals surface area contributed by atoms with Gasteiger partial charge >= 0.3 is 0 Å². The molecular weight excluding hydrogens is 404 g/mol. The van der Waals surface area contributed by atoms with Gasteiger partial charge in [-0.15, -0.1) is 11.8 Å². The topological polar surface area (TPSA) is 66.5 Å². The zero-order valence-electron chi connectivity index (χ0n) is 16.1. The number of anilines is 1. The van der Waals surface area contributed by atoms with Crippen molar-refractivity contribution in [1.82, 2.24) is 4.90 Å². The Labute approximate surface area is 175 Å². The molecule has 29 heavy (non-hydrogen) atoms. The molecule has 0 saturated carbocycles. The normalized spacial score (nSPS) is 14.3. The third kappa shape index (κ3) is 3.97. The fourth-order valence-electron chi connectivity index (χ4n) is 3.63. The molecule has 1 saturated heterocycles. The molecule has 150 valence electrons. The van der Waals surface area contributed by atoms with Crippen LogP contribution in [0.5, 0.6) is 0 Å². The van der Waals surface area contributed by atoms with Crippen molar-refractivity contribution >= 4 is 44.2 Å². The van der Waals surface area contributed by atoms with Gasteiger partial charge in [0.15, 0.2) is 0 Å². The average Bonchev–Trinajstić information content (AvgIpc) is 3.28. The van der Waals surface area contributed by atoms with E-state index in [9.17, 15) is 13.2 Å². The smallest absolute Gasteiger partial charge is 0.261 e. The molecule has 0 unspecified atom stereocenters. The number of likely N-dealkylation sites (tertiary alicyclic amines) is 1. The van der Waals surface area contributed by atoms with Crippen LogP contribution in [0.3, 0.4) is 0 Å². The van der Waals surface area contributed by atoms with E-state index in [4.69, 9.17) is 0 Å². The van der Waals surface area contributed by atoms with Crippen molar-refractivity contribution in [3.8, 4) is 0 Å². The molecule has 4 rings (SSSR count). The molecule has 0 atom stereocenters. The van der Waals surface area contributed by atoms with Crippen LogP contribution in [0, 0.1) is 0 Å². The van der Waals surface area contributed by atoms with Crippen LogP contribution in [0.15, 0.2) is 70.5 Å². The maximum absolute atomic E-state index is 13.1. The van der Waals surface area contributed by atoms with Crippen LogP contribution >= 0.6 is 11.8 Å². The number of rotatable bonds is 5. The van der Waals surface area contributed by atoms with E-state index in [-0.39, 0.29) is 10.8 Å². The lowest BCUT2D eigenvalue weighted by Crippen LogP contribution is -2.28. The van der Waals surface area contributed by atoms with Crippen molar-refractivity contribution in [3.63, 3.8) is 0 Å². The summed E-state index contributed by atoms with van der Waals surface area (Å²) < 4.78 is 28.9. The quantitative estimate of drug-likeness (QED) is 0.606. The van der Waals surface area contributed by atoms with Gasteiger partial charge in [0.25, 0.3) is 15.9 Å². The number of hydrogen-bond acceptors (Lipinski definition) is 4. The minimum absolute atomic E-state index is 0.0887. The second-order valence-corrected chi connectivity index (χ2v) is 9.52. The van der Waals surface area contributed by atoms with Crippen molar-refractivity contribution in [2.24, 2.45) is 0 Å². The molecule has 0 aromatic heterocycles. The molecule has 7 heteroatoms. The van der Waals surface area contributed by atoms with Gasteiger partial charge in [0.1, 0.15) is 0 Å². The van der Waals surface area contributed by atoms with Crippen molar-refractivity contribution in [1.29, 1.82) is 0 Å². The largest absolute Gasteiger partial charge is 0.339 e. The average molecular weight is 427 g/mol. The third-order valence-corrected chi connectivity index (χ3v) is 7.30. The summed E-state index contributed by atoms with van der Waals surface area (Å²) in [4.78, 5) is 15.6. The minimum Gasteiger partial charge on any atom is -0.339 e. The number of benzene rings is 3. The highest BCUT2D eigenvalue weighted by atomic mass is 32.2. The maximum Gasteiger partial charge on any atom is 0.261 e. The van der Waals surface area contributed by atoms with Crippen LogP contribution in [0.1, 0.15) is 23.2 Å². The fraction of sp³-hybridized carbons (Fsp3) is 0.227. The zero-order valence-corrected chi connectivity index (χ0v) is 17.7. The van der Waals surface area contributed by atoms with Crippen molar-refractivity contribution in [3.05, 3.63) is 66.2 Å². The predicted molar refractivity (Wildman–Crippen MR) is 118 cm³/mol. The van der Waals surface area contributed by atoms with Gasteiger partial charge in [-0.2, -0.15) is 0 Å². The summed E-state index contributed by atoms with van der Waals surface area (Å²) in [7, 11) is -3.84. The van der Waals surface area contributed by atoms with E-state index >= 15 is 0 Å². The Morgan fingerprint density at radius 2 is 1.72 bits per heavy atom. The highest BCUT2D eigenvalue weighted by Crippen LogP contribution is 2.29. The lowest BCUT2D eigenvalue weighted by molar-refractivity contribution is 0.0789. The molecule has 0 radical (unpaired) electrons. The first-order valence-corrected chi connectivity index (χ1v) is 12.2. The first-order chi connectivity index (χ1) is 14.0. The third-order valence-electron chi connectivity index (χ3n) is 5.14. The number of carbonyl (C=O) groups is 1. The molecular formula is C22H22N2O3S2. The van der Waals surface area contributed by atoms with Crippen LogP contribution < -0.4 is 4.72 Å². The molecule has 1 fully saturated rings. The molecule has 3 aromatic rings. The minimum atomic E-state index is -3.84. The number of fused-ring (bicyclic) bond motifs is 1. The summed E-state index contributed by atoms with van der Waals surface area (Å²) in [6.45, 7) is 1.44. The molecule has 0 spiro atoms. The number of hydrogen-bond donors (Lipinski definition) is 1. The Kier molecular flexibility index (Phi) is 5.52. The molecule has 0 aliphatic carbocycles. The highest BCUT2D eigenvalue weighted by molar-refractivity contribution is 7.98. The van der Waals surface area contributed by atoms with Gasteiger partial charge in [0.2, 0.25) is 0 Å². The predicted octanol–water partition coefficient (Wildman–Crippen LogP) is 4.60. The Hall–Kier alpha value is -2.51. The summed E-state index contributed by atoms with van der Waals surface area (Å²) >= 11 is 1.44. The fourth-order valence-corrected chi connectivity index (χ4v) is 5.31. The SMILES string of the molecule is CSc1ccc(S(=O)(=O)Nc2cccc3ccccc23)cc1C(=O)N1CCCC1. The van der Waals surface area contributed by atoms with Crippen molar-refractivity contribution in [2.45, 2.75) is 22.6 Å².